The van der Waals surface area contributed by atoms with Gasteiger partial charge in [0, 0.05) is 5.56 Å². The molecule has 3 nitrogen and oxygen atoms in total. The molecule has 0 atom stereocenters. The number of nitrogen functional groups attached to an aromatic ring is 1. The van der Waals surface area contributed by atoms with Crippen LogP contribution in [-0.2, 0) is 0 Å². The third-order valence-corrected chi connectivity index (χ3v) is 2.82. The van der Waals surface area contributed by atoms with Crippen LogP contribution in [-0.4, -0.2) is 13.4 Å². The number of anilines is 1. The number of methoxy groups -OCH3 is 1. The Kier molecular flexibility index (Phi) is 3.46. The predicted molar refractivity (Wildman–Crippen MR) is 68.1 cm³/mol. The zero-order valence-corrected chi connectivity index (χ0v) is 10.1. The molecule has 0 unspecified atom stereocenters. The first-order valence-corrected chi connectivity index (χ1v) is 5.46. The van der Waals surface area contributed by atoms with E-state index < -0.39 is 11.6 Å². The summed E-state index contributed by atoms with van der Waals surface area (Å²) in [6.45, 7) is 0. The fraction of sp³-hybridized carbons (Fsp3) is 0.0714. The summed E-state index contributed by atoms with van der Waals surface area (Å²) in [5.74, 6) is -1.26. The Labute approximate surface area is 108 Å². The van der Waals surface area contributed by atoms with Crippen LogP contribution in [0.15, 0.2) is 30.3 Å². The molecule has 2 aromatic rings. The molecular formula is C14H11F2NO2. The topological polar surface area (TPSA) is 52.3 Å². The molecule has 0 aliphatic heterocycles. The highest BCUT2D eigenvalue weighted by molar-refractivity contribution is 5.89. The number of carbonyl (C=O) groups excluding carboxylic acids is 1. The van der Waals surface area contributed by atoms with Gasteiger partial charge in [-0.05, 0) is 23.8 Å². The molecule has 0 fully saturated rings. The van der Waals surface area contributed by atoms with Gasteiger partial charge >= 0.3 is 0 Å². The summed E-state index contributed by atoms with van der Waals surface area (Å²) in [6.07, 6.45) is 0.352. The first-order valence-electron chi connectivity index (χ1n) is 5.46. The van der Waals surface area contributed by atoms with Crippen molar-refractivity contribution in [3.8, 4) is 16.9 Å². The predicted octanol–water partition coefficient (Wildman–Crippen LogP) is 3.04. The number of benzene rings is 2. The van der Waals surface area contributed by atoms with Crippen LogP contribution < -0.4 is 10.5 Å². The number of carbonyl (C=O) groups is 1. The summed E-state index contributed by atoms with van der Waals surface area (Å²) in [5.41, 5.74) is 5.41. The fourth-order valence-corrected chi connectivity index (χ4v) is 1.85. The van der Waals surface area contributed by atoms with Crippen LogP contribution in [0.4, 0.5) is 14.5 Å². The van der Waals surface area contributed by atoms with Crippen LogP contribution in [0.5, 0.6) is 5.75 Å². The smallest absolute Gasteiger partial charge is 0.157 e. The molecule has 0 aliphatic carbocycles. The molecule has 0 radical (unpaired) electrons. The summed E-state index contributed by atoms with van der Waals surface area (Å²) < 4.78 is 32.5. The highest BCUT2D eigenvalue weighted by Gasteiger charge is 2.16. The molecule has 2 aromatic carbocycles. The second-order valence-electron chi connectivity index (χ2n) is 3.86. The minimum absolute atomic E-state index is 0.0555. The molecule has 0 amide bonds. The lowest BCUT2D eigenvalue weighted by molar-refractivity contribution is 0.112. The van der Waals surface area contributed by atoms with Gasteiger partial charge < -0.3 is 10.5 Å². The van der Waals surface area contributed by atoms with E-state index in [0.29, 0.717) is 6.29 Å². The first kappa shape index (κ1) is 13.0. The number of hydrogen-bond acceptors (Lipinski definition) is 3. The van der Waals surface area contributed by atoms with Gasteiger partial charge in [0.1, 0.15) is 17.3 Å². The lowest BCUT2D eigenvalue weighted by atomic mass is 9.98. The van der Waals surface area contributed by atoms with Crippen molar-refractivity contribution in [1.82, 2.24) is 0 Å². The van der Waals surface area contributed by atoms with Gasteiger partial charge in [-0.1, -0.05) is 12.1 Å². The van der Waals surface area contributed by atoms with E-state index in [0.717, 1.165) is 6.07 Å². The fourth-order valence-electron chi connectivity index (χ4n) is 1.85. The maximum absolute atomic E-state index is 14.1. The minimum Gasteiger partial charge on any atom is -0.494 e. The molecule has 2 N–H and O–H groups in total. The SMILES string of the molecule is COc1ccc(-c2cccc(F)c2C=O)c(F)c1N. The molecule has 0 bridgehead atoms. The van der Waals surface area contributed by atoms with Crippen molar-refractivity contribution < 1.29 is 18.3 Å². The van der Waals surface area contributed by atoms with Crippen molar-refractivity contribution >= 4 is 12.0 Å². The highest BCUT2D eigenvalue weighted by atomic mass is 19.1. The average molecular weight is 263 g/mol. The van der Waals surface area contributed by atoms with Crippen LogP contribution in [0.2, 0.25) is 0 Å². The van der Waals surface area contributed by atoms with Gasteiger partial charge in [0.15, 0.2) is 12.1 Å². The van der Waals surface area contributed by atoms with Gasteiger partial charge in [0.25, 0.3) is 0 Å². The molecule has 0 aliphatic rings. The molecule has 0 saturated heterocycles. The molecule has 0 heterocycles. The van der Waals surface area contributed by atoms with Crippen molar-refractivity contribution in [1.29, 1.82) is 0 Å². The Bertz CT molecular complexity index is 642. The van der Waals surface area contributed by atoms with Crippen LogP contribution >= 0.6 is 0 Å². The summed E-state index contributed by atoms with van der Waals surface area (Å²) in [7, 11) is 1.36. The van der Waals surface area contributed by atoms with Crippen molar-refractivity contribution in [2.24, 2.45) is 0 Å². The van der Waals surface area contributed by atoms with Crippen LogP contribution in [0.3, 0.4) is 0 Å². The van der Waals surface area contributed by atoms with Crippen LogP contribution in [0.25, 0.3) is 11.1 Å². The Balaban J connectivity index is 2.70. The van der Waals surface area contributed by atoms with Gasteiger partial charge in [-0.25, -0.2) is 8.78 Å². The standard InChI is InChI=1S/C14H11F2NO2/c1-19-12-6-5-9(13(16)14(12)17)8-3-2-4-11(15)10(8)7-18/h2-7H,17H2,1H3. The number of aldehydes is 1. The summed E-state index contributed by atoms with van der Waals surface area (Å²) in [4.78, 5) is 10.9. The third-order valence-electron chi connectivity index (χ3n) is 2.82. The zero-order chi connectivity index (χ0) is 14.0. The van der Waals surface area contributed by atoms with E-state index in [9.17, 15) is 13.6 Å². The second-order valence-corrected chi connectivity index (χ2v) is 3.86. The van der Waals surface area contributed by atoms with E-state index in [2.05, 4.69) is 0 Å². The van der Waals surface area contributed by atoms with E-state index in [-0.39, 0.29) is 28.1 Å². The number of ether oxygens (including phenoxy) is 1. The maximum atomic E-state index is 14.1. The molecule has 0 saturated carbocycles. The first-order chi connectivity index (χ1) is 9.10. The molecule has 2 rings (SSSR count). The maximum Gasteiger partial charge on any atom is 0.157 e. The van der Waals surface area contributed by atoms with Crippen LogP contribution in [0.1, 0.15) is 10.4 Å². The van der Waals surface area contributed by atoms with E-state index in [1.54, 1.807) is 0 Å². The third kappa shape index (κ3) is 2.14. The summed E-state index contributed by atoms with van der Waals surface area (Å²) in [6, 6.07) is 6.85. The van der Waals surface area contributed by atoms with Crippen molar-refractivity contribution in [2.75, 3.05) is 12.8 Å². The quantitative estimate of drug-likeness (QED) is 0.684. The number of hydrogen-bond donors (Lipinski definition) is 1. The number of rotatable bonds is 3. The Morgan fingerprint density at radius 2 is 1.89 bits per heavy atom. The second kappa shape index (κ2) is 5.06. The summed E-state index contributed by atoms with van der Waals surface area (Å²) in [5, 5.41) is 0. The average Bonchev–Trinajstić information content (AvgIpc) is 2.41. The zero-order valence-electron chi connectivity index (χ0n) is 10.1. The largest absolute Gasteiger partial charge is 0.494 e. The Hall–Kier alpha value is -2.43. The monoisotopic (exact) mass is 263 g/mol. The van der Waals surface area contributed by atoms with Gasteiger partial charge in [-0.15, -0.1) is 0 Å². The number of halogens is 2. The van der Waals surface area contributed by atoms with Gasteiger partial charge in [0.2, 0.25) is 0 Å². The lowest BCUT2D eigenvalue weighted by Gasteiger charge is -2.11. The molecule has 0 spiro atoms. The van der Waals surface area contributed by atoms with Crippen molar-refractivity contribution in [3.05, 3.63) is 47.5 Å². The Morgan fingerprint density at radius 3 is 2.53 bits per heavy atom. The van der Waals surface area contributed by atoms with Crippen molar-refractivity contribution in [3.63, 3.8) is 0 Å². The number of nitrogens with two attached hydrogens (primary N) is 1. The van der Waals surface area contributed by atoms with E-state index in [4.69, 9.17) is 10.5 Å². The van der Waals surface area contributed by atoms with Crippen molar-refractivity contribution in [2.45, 2.75) is 0 Å². The molecular weight excluding hydrogens is 252 g/mol. The lowest BCUT2D eigenvalue weighted by Crippen LogP contribution is -2.00. The molecule has 5 heteroatoms. The molecule has 98 valence electrons. The van der Waals surface area contributed by atoms with E-state index >= 15 is 0 Å². The molecule has 0 aromatic heterocycles. The van der Waals surface area contributed by atoms with Gasteiger partial charge in [-0.3, -0.25) is 4.79 Å². The normalized spacial score (nSPS) is 10.3. The van der Waals surface area contributed by atoms with E-state index in [1.807, 2.05) is 0 Å². The highest BCUT2D eigenvalue weighted by Crippen LogP contribution is 2.34. The Morgan fingerprint density at radius 1 is 1.16 bits per heavy atom. The molecule has 19 heavy (non-hydrogen) atoms. The summed E-state index contributed by atoms with van der Waals surface area (Å²) >= 11 is 0. The van der Waals surface area contributed by atoms with Crippen LogP contribution in [0, 0.1) is 11.6 Å². The van der Waals surface area contributed by atoms with E-state index in [1.165, 1.54) is 31.4 Å². The van der Waals surface area contributed by atoms with Gasteiger partial charge in [0.05, 0.1) is 12.7 Å². The van der Waals surface area contributed by atoms with Gasteiger partial charge in [-0.2, -0.15) is 0 Å². The minimum atomic E-state index is -0.743.